The van der Waals surface area contributed by atoms with Crippen molar-refractivity contribution < 1.29 is 9.53 Å². The first-order valence-corrected chi connectivity index (χ1v) is 6.58. The molecule has 2 fully saturated rings. The van der Waals surface area contributed by atoms with Gasteiger partial charge in [-0.25, -0.2) is 0 Å². The summed E-state index contributed by atoms with van der Waals surface area (Å²) in [5.74, 6) is 1.54. The standard InChI is InChI=1S/C13H23NO2/c1-11-9-14(7-5-13(11)15)6-2-8-16-10-12-3-4-12/h11-12H,2-10H2,1H3. The van der Waals surface area contributed by atoms with Crippen molar-refractivity contribution in [1.82, 2.24) is 4.90 Å². The van der Waals surface area contributed by atoms with Gasteiger partial charge in [0.15, 0.2) is 0 Å². The lowest BCUT2D eigenvalue weighted by Crippen LogP contribution is -2.40. The molecule has 3 nitrogen and oxygen atoms in total. The van der Waals surface area contributed by atoms with Crippen molar-refractivity contribution in [2.24, 2.45) is 11.8 Å². The number of ether oxygens (including phenoxy) is 1. The van der Waals surface area contributed by atoms with E-state index in [1.54, 1.807) is 0 Å². The van der Waals surface area contributed by atoms with E-state index in [4.69, 9.17) is 4.74 Å². The molecular formula is C13H23NO2. The Labute approximate surface area is 98.1 Å². The van der Waals surface area contributed by atoms with Crippen LogP contribution >= 0.6 is 0 Å². The van der Waals surface area contributed by atoms with Gasteiger partial charge in [-0.1, -0.05) is 6.92 Å². The molecule has 1 unspecified atom stereocenters. The molecule has 1 aliphatic heterocycles. The molecule has 0 aromatic heterocycles. The van der Waals surface area contributed by atoms with Crippen LogP contribution in [0.25, 0.3) is 0 Å². The normalized spacial score (nSPS) is 27.3. The molecule has 0 radical (unpaired) electrons. The first kappa shape index (κ1) is 12.1. The summed E-state index contributed by atoms with van der Waals surface area (Å²) < 4.78 is 5.60. The zero-order valence-electron chi connectivity index (χ0n) is 10.3. The number of likely N-dealkylation sites (tertiary alicyclic amines) is 1. The molecule has 0 amide bonds. The monoisotopic (exact) mass is 225 g/mol. The van der Waals surface area contributed by atoms with Crippen molar-refractivity contribution in [1.29, 1.82) is 0 Å². The van der Waals surface area contributed by atoms with Gasteiger partial charge in [0.1, 0.15) is 5.78 Å². The number of nitrogens with zero attached hydrogens (tertiary/aromatic N) is 1. The number of ketones is 1. The van der Waals surface area contributed by atoms with Gasteiger partial charge in [0.05, 0.1) is 0 Å². The van der Waals surface area contributed by atoms with E-state index >= 15 is 0 Å². The van der Waals surface area contributed by atoms with E-state index in [1.807, 2.05) is 6.92 Å². The van der Waals surface area contributed by atoms with Gasteiger partial charge in [0.2, 0.25) is 0 Å². The molecule has 3 heteroatoms. The summed E-state index contributed by atoms with van der Waals surface area (Å²) in [7, 11) is 0. The number of hydrogen-bond acceptors (Lipinski definition) is 3. The smallest absolute Gasteiger partial charge is 0.138 e. The molecule has 0 bridgehead atoms. The summed E-state index contributed by atoms with van der Waals surface area (Å²) in [5, 5.41) is 0. The SMILES string of the molecule is CC1CN(CCCOCC2CC2)CCC1=O. The van der Waals surface area contributed by atoms with Crippen molar-refractivity contribution in [3.63, 3.8) is 0 Å². The lowest BCUT2D eigenvalue weighted by Gasteiger charge is -2.29. The highest BCUT2D eigenvalue weighted by Crippen LogP contribution is 2.28. The molecule has 1 aliphatic carbocycles. The molecule has 0 spiro atoms. The highest BCUT2D eigenvalue weighted by molar-refractivity contribution is 5.81. The number of hydrogen-bond donors (Lipinski definition) is 0. The summed E-state index contributed by atoms with van der Waals surface area (Å²) in [6.45, 7) is 6.87. The molecule has 0 aromatic rings. The number of Topliss-reactive ketones (excluding diaryl/α,β-unsaturated/α-hetero) is 1. The van der Waals surface area contributed by atoms with Crippen LogP contribution in [0.4, 0.5) is 0 Å². The van der Waals surface area contributed by atoms with Gasteiger partial charge in [0.25, 0.3) is 0 Å². The molecule has 0 N–H and O–H groups in total. The van der Waals surface area contributed by atoms with Crippen LogP contribution in [0.15, 0.2) is 0 Å². The Morgan fingerprint density at radius 1 is 1.44 bits per heavy atom. The van der Waals surface area contributed by atoms with Crippen molar-refractivity contribution in [2.45, 2.75) is 32.6 Å². The summed E-state index contributed by atoms with van der Waals surface area (Å²) in [6.07, 6.45) is 4.58. The summed E-state index contributed by atoms with van der Waals surface area (Å²) in [4.78, 5) is 13.7. The van der Waals surface area contributed by atoms with Crippen LogP contribution in [-0.2, 0) is 9.53 Å². The minimum absolute atomic E-state index is 0.237. The minimum atomic E-state index is 0.237. The van der Waals surface area contributed by atoms with Gasteiger partial charge in [-0.15, -0.1) is 0 Å². The lowest BCUT2D eigenvalue weighted by atomic mass is 9.98. The van der Waals surface area contributed by atoms with E-state index in [2.05, 4.69) is 4.90 Å². The van der Waals surface area contributed by atoms with Crippen LogP contribution in [0.2, 0.25) is 0 Å². The van der Waals surface area contributed by atoms with Crippen molar-refractivity contribution >= 4 is 5.78 Å². The Balaban J connectivity index is 1.50. The zero-order chi connectivity index (χ0) is 11.4. The molecule has 2 aliphatic rings. The average Bonchev–Trinajstić information content (AvgIpc) is 3.07. The molecule has 16 heavy (non-hydrogen) atoms. The maximum absolute atomic E-state index is 11.3. The Morgan fingerprint density at radius 3 is 2.94 bits per heavy atom. The molecular weight excluding hydrogens is 202 g/mol. The fourth-order valence-corrected chi connectivity index (χ4v) is 2.22. The maximum Gasteiger partial charge on any atom is 0.138 e. The fraction of sp³-hybridized carbons (Fsp3) is 0.923. The first-order valence-electron chi connectivity index (χ1n) is 6.58. The van der Waals surface area contributed by atoms with Crippen LogP contribution in [0.1, 0.15) is 32.6 Å². The Morgan fingerprint density at radius 2 is 2.25 bits per heavy atom. The molecule has 1 saturated heterocycles. The average molecular weight is 225 g/mol. The van der Waals surface area contributed by atoms with Crippen molar-refractivity contribution in [3.05, 3.63) is 0 Å². The van der Waals surface area contributed by atoms with Gasteiger partial charge in [-0.2, -0.15) is 0 Å². The van der Waals surface area contributed by atoms with Gasteiger partial charge in [-0.05, 0) is 25.2 Å². The number of piperidine rings is 1. The second-order valence-corrected chi connectivity index (χ2v) is 5.29. The first-order chi connectivity index (χ1) is 7.75. The molecule has 1 atom stereocenters. The molecule has 92 valence electrons. The fourth-order valence-electron chi connectivity index (χ4n) is 2.22. The van der Waals surface area contributed by atoms with Crippen LogP contribution in [-0.4, -0.2) is 43.5 Å². The zero-order valence-corrected chi connectivity index (χ0v) is 10.3. The molecule has 1 saturated carbocycles. The van der Waals surface area contributed by atoms with Crippen LogP contribution in [0.3, 0.4) is 0 Å². The van der Waals surface area contributed by atoms with Crippen molar-refractivity contribution in [3.8, 4) is 0 Å². The molecule has 0 aromatic carbocycles. The van der Waals surface area contributed by atoms with E-state index in [9.17, 15) is 4.79 Å². The van der Waals surface area contributed by atoms with E-state index in [1.165, 1.54) is 12.8 Å². The largest absolute Gasteiger partial charge is 0.381 e. The number of carbonyl (C=O) groups is 1. The quantitative estimate of drug-likeness (QED) is 0.645. The second kappa shape index (κ2) is 5.78. The van der Waals surface area contributed by atoms with E-state index < -0.39 is 0 Å². The Bertz CT molecular complexity index is 238. The third-order valence-corrected chi connectivity index (χ3v) is 3.57. The number of rotatable bonds is 6. The van der Waals surface area contributed by atoms with Crippen LogP contribution in [0.5, 0.6) is 0 Å². The second-order valence-electron chi connectivity index (χ2n) is 5.29. The third-order valence-electron chi connectivity index (χ3n) is 3.57. The Kier molecular flexibility index (Phi) is 4.36. The van der Waals surface area contributed by atoms with Gasteiger partial charge >= 0.3 is 0 Å². The molecule has 1 heterocycles. The Hall–Kier alpha value is -0.410. The molecule has 2 rings (SSSR count). The summed E-state index contributed by atoms with van der Waals surface area (Å²) >= 11 is 0. The highest BCUT2D eigenvalue weighted by atomic mass is 16.5. The van der Waals surface area contributed by atoms with Gasteiger partial charge in [0, 0.05) is 45.2 Å². The summed E-state index contributed by atoms with van der Waals surface area (Å²) in [5.41, 5.74) is 0. The third kappa shape index (κ3) is 3.87. The number of carbonyl (C=O) groups excluding carboxylic acids is 1. The van der Waals surface area contributed by atoms with Gasteiger partial charge in [-0.3, -0.25) is 4.79 Å². The predicted molar refractivity (Wildman–Crippen MR) is 63.4 cm³/mol. The minimum Gasteiger partial charge on any atom is -0.381 e. The van der Waals surface area contributed by atoms with E-state index in [0.717, 1.165) is 51.6 Å². The van der Waals surface area contributed by atoms with Crippen LogP contribution < -0.4 is 0 Å². The van der Waals surface area contributed by atoms with Gasteiger partial charge < -0.3 is 9.64 Å². The topological polar surface area (TPSA) is 29.5 Å². The van der Waals surface area contributed by atoms with E-state index in [-0.39, 0.29) is 5.92 Å². The maximum atomic E-state index is 11.3. The van der Waals surface area contributed by atoms with Crippen LogP contribution in [0, 0.1) is 11.8 Å². The summed E-state index contributed by atoms with van der Waals surface area (Å²) in [6, 6.07) is 0. The van der Waals surface area contributed by atoms with Crippen molar-refractivity contribution in [2.75, 3.05) is 32.8 Å². The lowest BCUT2D eigenvalue weighted by molar-refractivity contribution is -0.125. The predicted octanol–water partition coefficient (Wildman–Crippen LogP) is 1.71. The highest BCUT2D eigenvalue weighted by Gasteiger charge is 2.23. The van der Waals surface area contributed by atoms with E-state index in [0.29, 0.717) is 5.78 Å².